The first-order valence-electron chi connectivity index (χ1n) is 11.2. The average Bonchev–Trinajstić information content (AvgIpc) is 3.19. The van der Waals surface area contributed by atoms with Crippen molar-refractivity contribution in [3.63, 3.8) is 0 Å². The Hall–Kier alpha value is -4.00. The van der Waals surface area contributed by atoms with E-state index in [1.54, 1.807) is 31.3 Å². The number of hydrogen-bond acceptors (Lipinski definition) is 5. The van der Waals surface area contributed by atoms with Crippen molar-refractivity contribution in [2.24, 2.45) is 0 Å². The summed E-state index contributed by atoms with van der Waals surface area (Å²) in [5, 5.41) is 2.92. The highest BCUT2D eigenvalue weighted by Gasteiger charge is 2.35. The number of nitrogens with zero attached hydrogens (tertiary/aromatic N) is 1. The molecule has 4 rings (SSSR count). The minimum atomic E-state index is -0.501. The Morgan fingerprint density at radius 1 is 0.971 bits per heavy atom. The van der Waals surface area contributed by atoms with Gasteiger partial charge in [0.2, 0.25) is 5.91 Å². The van der Waals surface area contributed by atoms with Gasteiger partial charge in [-0.25, -0.2) is 0 Å². The van der Waals surface area contributed by atoms with Gasteiger partial charge in [0.1, 0.15) is 5.75 Å². The zero-order valence-electron chi connectivity index (χ0n) is 19.5. The number of benzene rings is 3. The molecule has 0 saturated carbocycles. The first-order valence-corrected chi connectivity index (χ1v) is 11.2. The monoisotopic (exact) mass is 460 g/mol. The maximum atomic E-state index is 13.3. The van der Waals surface area contributed by atoms with E-state index in [1.165, 1.54) is 0 Å². The standard InChI is InChI=1S/C27H28N2O5/c1-4-34-24-14-13-18(15-25(24)33-3)22(29-17-19-9-5-6-10-20(19)27(29)31)16-26(30)28-21-11-7-8-12-23(21)32-2/h5-15,22H,4,16-17H2,1-3H3,(H,28,30)/t22-/m0/s1. The molecule has 1 aliphatic rings. The largest absolute Gasteiger partial charge is 0.495 e. The third-order valence-electron chi connectivity index (χ3n) is 5.86. The number of methoxy groups -OCH3 is 2. The van der Waals surface area contributed by atoms with E-state index >= 15 is 0 Å². The summed E-state index contributed by atoms with van der Waals surface area (Å²) in [5.41, 5.74) is 2.97. The van der Waals surface area contributed by atoms with Crippen molar-refractivity contribution < 1.29 is 23.8 Å². The summed E-state index contributed by atoms with van der Waals surface area (Å²) in [6.45, 7) is 2.83. The lowest BCUT2D eigenvalue weighted by Crippen LogP contribution is -2.32. The molecule has 0 saturated heterocycles. The molecule has 0 aromatic heterocycles. The summed E-state index contributed by atoms with van der Waals surface area (Å²) in [7, 11) is 3.13. The highest BCUT2D eigenvalue weighted by Crippen LogP contribution is 2.38. The van der Waals surface area contributed by atoms with Gasteiger partial charge in [-0.3, -0.25) is 9.59 Å². The molecule has 0 aliphatic carbocycles. The van der Waals surface area contributed by atoms with Crippen LogP contribution in [0.5, 0.6) is 17.2 Å². The SMILES string of the molecule is CCOc1ccc([C@H](CC(=O)Nc2ccccc2OC)N2Cc3ccccc3C2=O)cc1OC. The van der Waals surface area contributed by atoms with Crippen LogP contribution >= 0.6 is 0 Å². The Morgan fingerprint density at radius 2 is 1.71 bits per heavy atom. The minimum absolute atomic E-state index is 0.0644. The van der Waals surface area contributed by atoms with Crippen molar-refractivity contribution in [2.45, 2.75) is 25.9 Å². The van der Waals surface area contributed by atoms with E-state index in [-0.39, 0.29) is 18.2 Å². The first kappa shape index (κ1) is 23.2. The fourth-order valence-electron chi connectivity index (χ4n) is 4.23. The van der Waals surface area contributed by atoms with Crippen LogP contribution in [0, 0.1) is 0 Å². The molecule has 7 nitrogen and oxygen atoms in total. The lowest BCUT2D eigenvalue weighted by molar-refractivity contribution is -0.117. The van der Waals surface area contributed by atoms with Crippen LogP contribution in [0.1, 0.15) is 40.9 Å². The molecule has 0 bridgehead atoms. The second-order valence-electron chi connectivity index (χ2n) is 7.90. The molecular formula is C27H28N2O5. The van der Waals surface area contributed by atoms with Gasteiger partial charge >= 0.3 is 0 Å². The summed E-state index contributed by atoms with van der Waals surface area (Å²) in [5.74, 6) is 1.41. The number of hydrogen-bond donors (Lipinski definition) is 1. The molecule has 176 valence electrons. The van der Waals surface area contributed by atoms with Crippen LogP contribution in [0.15, 0.2) is 66.7 Å². The number of amides is 2. The average molecular weight is 461 g/mol. The minimum Gasteiger partial charge on any atom is -0.495 e. The van der Waals surface area contributed by atoms with E-state index < -0.39 is 6.04 Å². The highest BCUT2D eigenvalue weighted by molar-refractivity contribution is 5.99. The molecule has 1 aliphatic heterocycles. The molecule has 1 heterocycles. The second-order valence-corrected chi connectivity index (χ2v) is 7.90. The molecule has 1 atom stereocenters. The lowest BCUT2D eigenvalue weighted by atomic mass is 10.0. The van der Waals surface area contributed by atoms with Crippen molar-refractivity contribution >= 4 is 17.5 Å². The molecule has 0 spiro atoms. The van der Waals surface area contributed by atoms with Crippen LogP contribution in [0.25, 0.3) is 0 Å². The van der Waals surface area contributed by atoms with Crippen molar-refractivity contribution in [1.29, 1.82) is 0 Å². The Bertz CT molecular complexity index is 1190. The Kier molecular flexibility index (Phi) is 7.01. The number of carbonyl (C=O) groups excluding carboxylic acids is 2. The zero-order valence-corrected chi connectivity index (χ0v) is 19.5. The van der Waals surface area contributed by atoms with Gasteiger partial charge in [-0.2, -0.15) is 0 Å². The van der Waals surface area contributed by atoms with Crippen LogP contribution in [0.4, 0.5) is 5.69 Å². The Morgan fingerprint density at radius 3 is 2.44 bits per heavy atom. The molecule has 0 radical (unpaired) electrons. The van der Waals surface area contributed by atoms with Gasteiger partial charge in [0, 0.05) is 12.1 Å². The fraction of sp³-hybridized carbons (Fsp3) is 0.259. The molecule has 0 fully saturated rings. The summed E-state index contributed by atoms with van der Waals surface area (Å²) in [4.78, 5) is 28.2. The Balaban J connectivity index is 1.66. The molecule has 3 aromatic rings. The maximum absolute atomic E-state index is 13.3. The summed E-state index contributed by atoms with van der Waals surface area (Å²) in [6, 6.07) is 19.8. The van der Waals surface area contributed by atoms with Gasteiger partial charge in [-0.05, 0) is 48.4 Å². The fourth-order valence-corrected chi connectivity index (χ4v) is 4.23. The van der Waals surface area contributed by atoms with Crippen molar-refractivity contribution in [1.82, 2.24) is 4.90 Å². The summed E-state index contributed by atoms with van der Waals surface area (Å²) >= 11 is 0. The van der Waals surface area contributed by atoms with Gasteiger partial charge in [0.05, 0.1) is 39.0 Å². The predicted octanol–water partition coefficient (Wildman–Crippen LogP) is 4.83. The summed E-state index contributed by atoms with van der Waals surface area (Å²) in [6.07, 6.45) is 0.0644. The van der Waals surface area contributed by atoms with E-state index in [4.69, 9.17) is 14.2 Å². The van der Waals surface area contributed by atoms with E-state index in [2.05, 4.69) is 5.32 Å². The van der Waals surface area contributed by atoms with E-state index in [9.17, 15) is 9.59 Å². The number of fused-ring (bicyclic) bond motifs is 1. The van der Waals surface area contributed by atoms with Crippen molar-refractivity contribution in [3.8, 4) is 17.2 Å². The maximum Gasteiger partial charge on any atom is 0.255 e. The van der Waals surface area contributed by atoms with Gasteiger partial charge in [0.15, 0.2) is 11.5 Å². The van der Waals surface area contributed by atoms with Crippen molar-refractivity contribution in [2.75, 3.05) is 26.1 Å². The van der Waals surface area contributed by atoms with Crippen LogP contribution in [-0.4, -0.2) is 37.5 Å². The number of rotatable bonds is 9. The van der Waals surface area contributed by atoms with Crippen LogP contribution in [0.3, 0.4) is 0 Å². The molecule has 2 amide bonds. The Labute approximate surface area is 199 Å². The summed E-state index contributed by atoms with van der Waals surface area (Å²) < 4.78 is 16.5. The molecule has 1 N–H and O–H groups in total. The topological polar surface area (TPSA) is 77.1 Å². The highest BCUT2D eigenvalue weighted by atomic mass is 16.5. The number of anilines is 1. The lowest BCUT2D eigenvalue weighted by Gasteiger charge is -2.28. The number of para-hydroxylation sites is 2. The van der Waals surface area contributed by atoms with Gasteiger partial charge in [0.25, 0.3) is 5.91 Å². The normalized spacial score (nSPS) is 13.3. The van der Waals surface area contributed by atoms with E-state index in [0.717, 1.165) is 11.1 Å². The zero-order chi connectivity index (χ0) is 24.1. The quantitative estimate of drug-likeness (QED) is 0.495. The molecule has 7 heteroatoms. The molecule has 3 aromatic carbocycles. The first-order chi connectivity index (χ1) is 16.5. The van der Waals surface area contributed by atoms with E-state index in [0.29, 0.717) is 41.7 Å². The van der Waals surface area contributed by atoms with Crippen molar-refractivity contribution in [3.05, 3.63) is 83.4 Å². The smallest absolute Gasteiger partial charge is 0.255 e. The van der Waals surface area contributed by atoms with Crippen LogP contribution in [-0.2, 0) is 11.3 Å². The third kappa shape index (κ3) is 4.69. The van der Waals surface area contributed by atoms with Gasteiger partial charge in [-0.1, -0.05) is 36.4 Å². The van der Waals surface area contributed by atoms with Gasteiger partial charge in [-0.15, -0.1) is 0 Å². The second kappa shape index (κ2) is 10.3. The molecular weight excluding hydrogens is 432 g/mol. The predicted molar refractivity (Wildman–Crippen MR) is 129 cm³/mol. The van der Waals surface area contributed by atoms with Crippen LogP contribution < -0.4 is 19.5 Å². The van der Waals surface area contributed by atoms with Crippen LogP contribution in [0.2, 0.25) is 0 Å². The van der Waals surface area contributed by atoms with E-state index in [1.807, 2.05) is 61.5 Å². The number of ether oxygens (including phenoxy) is 3. The molecule has 34 heavy (non-hydrogen) atoms. The molecule has 0 unspecified atom stereocenters. The number of nitrogens with one attached hydrogen (secondary N) is 1. The number of carbonyl (C=O) groups is 2. The van der Waals surface area contributed by atoms with Gasteiger partial charge < -0.3 is 24.4 Å². The third-order valence-corrected chi connectivity index (χ3v) is 5.86.